The first-order chi connectivity index (χ1) is 7.41. The number of hydrogen-bond donors (Lipinski definition) is 0. The molecule has 0 aliphatic rings. The van der Waals surface area contributed by atoms with Crippen molar-refractivity contribution in [3.8, 4) is 5.75 Å². The molecule has 0 radical (unpaired) electrons. The van der Waals surface area contributed by atoms with E-state index in [0.29, 0.717) is 10.5 Å². The molecule has 0 aliphatic heterocycles. The minimum absolute atomic E-state index is 0.137. The quantitative estimate of drug-likeness (QED) is 0.457. The molecule has 0 N–H and O–H groups in total. The van der Waals surface area contributed by atoms with Crippen LogP contribution in [0.5, 0.6) is 5.75 Å². The van der Waals surface area contributed by atoms with Gasteiger partial charge in [-0.2, -0.15) is 0 Å². The van der Waals surface area contributed by atoms with Gasteiger partial charge in [-0.1, -0.05) is 0 Å². The summed E-state index contributed by atoms with van der Waals surface area (Å²) in [6.07, 6.45) is 1.48. The van der Waals surface area contributed by atoms with E-state index in [2.05, 4.69) is 0 Å². The Labute approximate surface area is 96.1 Å². The average Bonchev–Trinajstić information content (AvgIpc) is 2.15. The van der Waals surface area contributed by atoms with Gasteiger partial charge in [0.25, 0.3) is 0 Å². The van der Waals surface area contributed by atoms with Gasteiger partial charge in [-0.05, 0) is 25.1 Å². The van der Waals surface area contributed by atoms with Gasteiger partial charge in [0.15, 0.2) is 5.78 Å². The van der Waals surface area contributed by atoms with Gasteiger partial charge < -0.3 is 4.74 Å². The summed E-state index contributed by atoms with van der Waals surface area (Å²) in [6, 6.07) is 4.53. The lowest BCUT2D eigenvalue weighted by Gasteiger charge is -2.07. The monoisotopic (exact) mass is 240 g/mol. The second-order valence-corrected chi connectivity index (χ2v) is 4.61. The number of carbonyl (C=O) groups excluding carboxylic acids is 2. The Morgan fingerprint density at radius 1 is 1.25 bits per heavy atom. The molecule has 5 heteroatoms. The maximum Gasteiger partial charge on any atom is 0.308 e. The first-order valence-electron chi connectivity index (χ1n) is 4.58. The van der Waals surface area contributed by atoms with Gasteiger partial charge in [0.2, 0.25) is 0 Å². The van der Waals surface area contributed by atoms with Gasteiger partial charge in [0, 0.05) is 18.7 Å². The van der Waals surface area contributed by atoms with Crippen molar-refractivity contribution in [1.82, 2.24) is 0 Å². The number of ketones is 1. The van der Waals surface area contributed by atoms with Crippen molar-refractivity contribution < 1.29 is 18.5 Å². The first kappa shape index (κ1) is 12.6. The Bertz CT molecular complexity index is 465. The van der Waals surface area contributed by atoms with Crippen LogP contribution in [0, 0.1) is 0 Å². The second-order valence-electron chi connectivity index (χ2n) is 3.27. The normalized spacial score (nSPS) is 11.9. The Balaban J connectivity index is 3.26. The van der Waals surface area contributed by atoms with E-state index in [1.807, 2.05) is 0 Å². The first-order valence-corrected chi connectivity index (χ1v) is 6.14. The number of ether oxygens (including phenoxy) is 1. The van der Waals surface area contributed by atoms with E-state index in [9.17, 15) is 13.8 Å². The average molecular weight is 240 g/mol. The molecule has 16 heavy (non-hydrogen) atoms. The molecular formula is C11H12O4S. The highest BCUT2D eigenvalue weighted by molar-refractivity contribution is 7.84. The van der Waals surface area contributed by atoms with E-state index in [1.165, 1.54) is 32.2 Å². The molecule has 1 atom stereocenters. The highest BCUT2D eigenvalue weighted by atomic mass is 32.2. The summed E-state index contributed by atoms with van der Waals surface area (Å²) in [5, 5.41) is 0. The van der Waals surface area contributed by atoms with Crippen LogP contribution in [0.2, 0.25) is 0 Å². The Kier molecular flexibility index (Phi) is 3.95. The Morgan fingerprint density at radius 3 is 2.31 bits per heavy atom. The molecule has 0 aromatic heterocycles. The largest absolute Gasteiger partial charge is 0.425 e. The molecule has 0 saturated carbocycles. The van der Waals surface area contributed by atoms with E-state index < -0.39 is 16.8 Å². The molecule has 0 spiro atoms. The van der Waals surface area contributed by atoms with Crippen molar-refractivity contribution in [2.75, 3.05) is 6.26 Å². The molecule has 0 aliphatic carbocycles. The van der Waals surface area contributed by atoms with Crippen molar-refractivity contribution in [1.29, 1.82) is 0 Å². The van der Waals surface area contributed by atoms with Crippen LogP contribution in [-0.2, 0) is 15.6 Å². The van der Waals surface area contributed by atoms with Crippen LogP contribution in [-0.4, -0.2) is 22.2 Å². The van der Waals surface area contributed by atoms with Crippen molar-refractivity contribution in [2.45, 2.75) is 18.7 Å². The molecule has 1 aromatic rings. The molecule has 4 nitrogen and oxygen atoms in total. The summed E-state index contributed by atoms with van der Waals surface area (Å²) >= 11 is 0. The lowest BCUT2D eigenvalue weighted by Crippen LogP contribution is -2.06. The summed E-state index contributed by atoms with van der Waals surface area (Å²) in [5.41, 5.74) is 0.422. The maximum atomic E-state index is 11.4. The van der Waals surface area contributed by atoms with E-state index in [-0.39, 0.29) is 11.5 Å². The maximum absolute atomic E-state index is 11.4. The fourth-order valence-corrected chi connectivity index (χ4v) is 1.84. The van der Waals surface area contributed by atoms with Crippen LogP contribution in [0.3, 0.4) is 0 Å². The van der Waals surface area contributed by atoms with Gasteiger partial charge in [-0.15, -0.1) is 0 Å². The molecule has 1 unspecified atom stereocenters. The minimum Gasteiger partial charge on any atom is -0.425 e. The summed E-state index contributed by atoms with van der Waals surface area (Å²) < 4.78 is 16.3. The predicted molar refractivity (Wildman–Crippen MR) is 60.1 cm³/mol. The molecule has 86 valence electrons. The van der Waals surface area contributed by atoms with Crippen molar-refractivity contribution >= 4 is 22.6 Å². The van der Waals surface area contributed by atoms with Crippen LogP contribution in [0.15, 0.2) is 23.1 Å². The number of Topliss-reactive ketones (excluding diaryl/α,β-unsaturated/α-hetero) is 1. The number of benzene rings is 1. The predicted octanol–water partition coefficient (Wildman–Crippen LogP) is 1.55. The number of carbonyl (C=O) groups is 2. The fraction of sp³-hybridized carbons (Fsp3) is 0.273. The summed E-state index contributed by atoms with van der Waals surface area (Å²) in [4.78, 5) is 22.4. The number of rotatable bonds is 3. The van der Waals surface area contributed by atoms with E-state index in [1.54, 1.807) is 6.07 Å². The molecule has 0 amide bonds. The van der Waals surface area contributed by atoms with E-state index >= 15 is 0 Å². The van der Waals surface area contributed by atoms with Crippen LogP contribution in [0.4, 0.5) is 0 Å². The van der Waals surface area contributed by atoms with Gasteiger partial charge in [-0.3, -0.25) is 13.8 Å². The number of hydrogen-bond acceptors (Lipinski definition) is 4. The zero-order valence-electron chi connectivity index (χ0n) is 9.27. The standard InChI is InChI=1S/C11H12O4S/c1-7(12)9-4-5-11(16(3)14)10(6-9)15-8(2)13/h4-6H,1-3H3. The summed E-state index contributed by atoms with van der Waals surface area (Å²) in [6.45, 7) is 2.66. The smallest absolute Gasteiger partial charge is 0.308 e. The molecule has 0 bridgehead atoms. The van der Waals surface area contributed by atoms with Gasteiger partial charge in [0.05, 0.1) is 15.7 Å². The molecule has 0 heterocycles. The van der Waals surface area contributed by atoms with Crippen LogP contribution in [0.25, 0.3) is 0 Å². The number of esters is 1. The minimum atomic E-state index is -1.27. The van der Waals surface area contributed by atoms with E-state index in [4.69, 9.17) is 4.74 Å². The third kappa shape index (κ3) is 3.00. The molecular weight excluding hydrogens is 228 g/mol. The molecule has 1 rings (SSSR count). The lowest BCUT2D eigenvalue weighted by atomic mass is 10.1. The lowest BCUT2D eigenvalue weighted by molar-refractivity contribution is -0.132. The highest BCUT2D eigenvalue weighted by Gasteiger charge is 2.12. The zero-order valence-corrected chi connectivity index (χ0v) is 10.1. The summed E-state index contributed by atoms with van der Waals surface area (Å²) in [7, 11) is -1.27. The van der Waals surface area contributed by atoms with Crippen molar-refractivity contribution in [3.05, 3.63) is 23.8 Å². The van der Waals surface area contributed by atoms with Crippen molar-refractivity contribution in [3.63, 3.8) is 0 Å². The topological polar surface area (TPSA) is 60.4 Å². The van der Waals surface area contributed by atoms with Crippen LogP contribution >= 0.6 is 0 Å². The molecule has 1 aromatic carbocycles. The zero-order chi connectivity index (χ0) is 12.3. The Morgan fingerprint density at radius 2 is 1.88 bits per heavy atom. The third-order valence-electron chi connectivity index (χ3n) is 1.91. The highest BCUT2D eigenvalue weighted by Crippen LogP contribution is 2.23. The third-order valence-corrected chi connectivity index (χ3v) is 2.87. The van der Waals surface area contributed by atoms with E-state index in [0.717, 1.165) is 0 Å². The van der Waals surface area contributed by atoms with Gasteiger partial charge in [-0.25, -0.2) is 0 Å². The van der Waals surface area contributed by atoms with Crippen molar-refractivity contribution in [2.24, 2.45) is 0 Å². The van der Waals surface area contributed by atoms with Crippen LogP contribution in [0.1, 0.15) is 24.2 Å². The van der Waals surface area contributed by atoms with Gasteiger partial charge in [0.1, 0.15) is 5.75 Å². The molecule has 0 saturated heterocycles. The SMILES string of the molecule is CC(=O)Oc1cc(C(C)=O)ccc1S(C)=O. The van der Waals surface area contributed by atoms with Crippen LogP contribution < -0.4 is 4.74 Å². The fourth-order valence-electron chi connectivity index (χ4n) is 1.20. The second kappa shape index (κ2) is 5.03. The molecule has 0 fully saturated rings. The van der Waals surface area contributed by atoms with Gasteiger partial charge >= 0.3 is 5.97 Å². The Hall–Kier alpha value is -1.49. The summed E-state index contributed by atoms with van der Waals surface area (Å²) in [5.74, 6) is -0.463.